The Bertz CT molecular complexity index is 962. The summed E-state index contributed by atoms with van der Waals surface area (Å²) in [5, 5.41) is 19.7. The molecular weight excluding hydrogens is 348 g/mol. The van der Waals surface area contributed by atoms with Crippen molar-refractivity contribution in [1.29, 1.82) is 5.26 Å². The fraction of sp³-hybridized carbons (Fsp3) is 0.348. The molecule has 0 saturated carbocycles. The average molecular weight is 374 g/mol. The highest BCUT2D eigenvalue weighted by molar-refractivity contribution is 5.84. The Kier molecular flexibility index (Phi) is 5.50. The van der Waals surface area contributed by atoms with Gasteiger partial charge in [0, 0.05) is 49.0 Å². The number of nitrogens with one attached hydrogen (secondary N) is 1. The number of fused-ring (bicyclic) bond motifs is 1. The van der Waals surface area contributed by atoms with Gasteiger partial charge in [0.2, 0.25) is 0 Å². The summed E-state index contributed by atoms with van der Waals surface area (Å²) in [6.07, 6.45) is 5.47. The molecule has 1 fully saturated rings. The van der Waals surface area contributed by atoms with Crippen molar-refractivity contribution in [3.05, 3.63) is 59.8 Å². The van der Waals surface area contributed by atoms with E-state index in [9.17, 15) is 5.11 Å². The first kappa shape index (κ1) is 18.4. The van der Waals surface area contributed by atoms with Crippen molar-refractivity contribution in [3.63, 3.8) is 0 Å². The molecule has 0 unspecified atom stereocenters. The number of aromatic amines is 1. The fourth-order valence-electron chi connectivity index (χ4n) is 4.00. The molecule has 3 aromatic rings. The van der Waals surface area contributed by atoms with Crippen molar-refractivity contribution < 1.29 is 5.11 Å². The number of benzene rings is 2. The zero-order chi connectivity index (χ0) is 19.3. The van der Waals surface area contributed by atoms with Crippen molar-refractivity contribution in [1.82, 2.24) is 9.88 Å². The lowest BCUT2D eigenvalue weighted by molar-refractivity contribution is 0.253. The lowest BCUT2D eigenvalue weighted by atomic mass is 10.1. The summed E-state index contributed by atoms with van der Waals surface area (Å²) in [6.45, 7) is 5.36. The molecule has 2 N–H and O–H groups in total. The van der Waals surface area contributed by atoms with Crippen LogP contribution in [0.1, 0.15) is 24.0 Å². The molecule has 0 amide bonds. The second-order valence-corrected chi connectivity index (χ2v) is 7.49. The van der Waals surface area contributed by atoms with Crippen molar-refractivity contribution in [2.75, 3.05) is 37.6 Å². The molecule has 1 saturated heterocycles. The highest BCUT2D eigenvalue weighted by atomic mass is 16.3. The van der Waals surface area contributed by atoms with E-state index in [4.69, 9.17) is 5.26 Å². The number of aryl methyl sites for hydroxylation is 1. The molecule has 1 aliphatic heterocycles. The van der Waals surface area contributed by atoms with E-state index in [2.05, 4.69) is 27.0 Å². The second-order valence-electron chi connectivity index (χ2n) is 7.49. The molecule has 5 heteroatoms. The van der Waals surface area contributed by atoms with Crippen LogP contribution in [0.2, 0.25) is 0 Å². The van der Waals surface area contributed by atoms with Crippen LogP contribution in [0, 0.1) is 11.3 Å². The van der Waals surface area contributed by atoms with Crippen LogP contribution in [-0.2, 0) is 6.42 Å². The molecule has 2 heterocycles. The van der Waals surface area contributed by atoms with Gasteiger partial charge in [-0.25, -0.2) is 0 Å². The quantitative estimate of drug-likeness (QED) is 0.643. The molecule has 2 aromatic carbocycles. The van der Waals surface area contributed by atoms with Crippen LogP contribution in [0.5, 0.6) is 5.75 Å². The van der Waals surface area contributed by atoms with Gasteiger partial charge in [-0.1, -0.05) is 0 Å². The lowest BCUT2D eigenvalue weighted by Crippen LogP contribution is -2.46. The van der Waals surface area contributed by atoms with Gasteiger partial charge in [-0.2, -0.15) is 5.26 Å². The maximum atomic E-state index is 9.43. The topological polar surface area (TPSA) is 66.3 Å². The third-order valence-electron chi connectivity index (χ3n) is 5.65. The van der Waals surface area contributed by atoms with Crippen LogP contribution in [0.3, 0.4) is 0 Å². The van der Waals surface area contributed by atoms with Gasteiger partial charge in [0.15, 0.2) is 0 Å². The van der Waals surface area contributed by atoms with E-state index in [0.717, 1.165) is 56.6 Å². The maximum Gasteiger partial charge on any atom is 0.115 e. The average Bonchev–Trinajstić information content (AvgIpc) is 3.14. The monoisotopic (exact) mass is 374 g/mol. The Labute approximate surface area is 165 Å². The summed E-state index contributed by atoms with van der Waals surface area (Å²) in [5.41, 5.74) is 4.33. The van der Waals surface area contributed by atoms with E-state index in [-0.39, 0.29) is 0 Å². The number of aromatic hydroxyl groups is 1. The third kappa shape index (κ3) is 4.13. The minimum absolute atomic E-state index is 0.321. The first-order valence-corrected chi connectivity index (χ1v) is 9.99. The summed E-state index contributed by atoms with van der Waals surface area (Å²) in [6, 6.07) is 15.6. The number of phenolic OH excluding ortho intramolecular Hbond substituents is 1. The molecule has 0 aliphatic carbocycles. The largest absolute Gasteiger partial charge is 0.508 e. The second kappa shape index (κ2) is 8.37. The highest BCUT2D eigenvalue weighted by Gasteiger charge is 2.16. The molecule has 1 aliphatic rings. The van der Waals surface area contributed by atoms with Gasteiger partial charge in [-0.05, 0) is 73.8 Å². The summed E-state index contributed by atoms with van der Waals surface area (Å²) in [5.74, 6) is 0.321. The Morgan fingerprint density at radius 3 is 2.54 bits per heavy atom. The maximum absolute atomic E-state index is 9.43. The Hall–Kier alpha value is -2.97. The third-order valence-corrected chi connectivity index (χ3v) is 5.65. The minimum atomic E-state index is 0.321. The van der Waals surface area contributed by atoms with E-state index < -0.39 is 0 Å². The number of nitrogens with zero attached hydrogens (tertiary/aromatic N) is 3. The summed E-state index contributed by atoms with van der Waals surface area (Å²) < 4.78 is 0. The number of hydrogen-bond donors (Lipinski definition) is 2. The molecule has 144 valence electrons. The zero-order valence-corrected chi connectivity index (χ0v) is 16.1. The Morgan fingerprint density at radius 2 is 1.79 bits per heavy atom. The van der Waals surface area contributed by atoms with Gasteiger partial charge in [0.1, 0.15) is 5.75 Å². The lowest BCUT2D eigenvalue weighted by Gasteiger charge is -2.36. The smallest absolute Gasteiger partial charge is 0.115 e. The van der Waals surface area contributed by atoms with Crippen LogP contribution in [0.25, 0.3) is 10.9 Å². The van der Waals surface area contributed by atoms with Gasteiger partial charge in [0.05, 0.1) is 11.6 Å². The molecule has 4 rings (SSSR count). The number of rotatable bonds is 6. The molecule has 5 nitrogen and oxygen atoms in total. The van der Waals surface area contributed by atoms with E-state index >= 15 is 0 Å². The van der Waals surface area contributed by atoms with E-state index in [1.54, 1.807) is 12.1 Å². The summed E-state index contributed by atoms with van der Waals surface area (Å²) >= 11 is 0. The molecule has 1 aromatic heterocycles. The van der Waals surface area contributed by atoms with E-state index in [1.807, 2.05) is 30.3 Å². The van der Waals surface area contributed by atoms with Crippen LogP contribution in [0.15, 0.2) is 48.7 Å². The zero-order valence-electron chi connectivity index (χ0n) is 16.1. The standard InChI is InChI=1S/C23H26N4O/c24-16-18-4-9-23-22(15-18)19(17-25-23)3-1-2-10-26-11-13-27(14-12-26)20-5-7-21(28)8-6-20/h4-9,15,17,25,28H,1-3,10-14H2. The van der Waals surface area contributed by atoms with Crippen molar-refractivity contribution in [2.24, 2.45) is 0 Å². The van der Waals surface area contributed by atoms with Gasteiger partial charge >= 0.3 is 0 Å². The fourth-order valence-corrected chi connectivity index (χ4v) is 4.00. The number of anilines is 1. The number of aromatic nitrogens is 1. The van der Waals surface area contributed by atoms with E-state index in [1.165, 1.54) is 23.1 Å². The first-order chi connectivity index (χ1) is 13.7. The van der Waals surface area contributed by atoms with Gasteiger partial charge in [0.25, 0.3) is 0 Å². The van der Waals surface area contributed by atoms with Crippen LogP contribution >= 0.6 is 0 Å². The molecule has 0 spiro atoms. The predicted molar refractivity (Wildman–Crippen MR) is 113 cm³/mol. The SMILES string of the molecule is N#Cc1ccc2[nH]cc(CCCCN3CCN(c4ccc(O)cc4)CC3)c2c1. The number of piperazine rings is 1. The molecule has 0 atom stereocenters. The van der Waals surface area contributed by atoms with Crippen LogP contribution in [0.4, 0.5) is 5.69 Å². The normalized spacial score (nSPS) is 15.0. The van der Waals surface area contributed by atoms with Crippen molar-refractivity contribution in [3.8, 4) is 11.8 Å². The number of phenols is 1. The van der Waals surface area contributed by atoms with Gasteiger partial charge in [-0.3, -0.25) is 4.90 Å². The first-order valence-electron chi connectivity index (χ1n) is 9.99. The van der Waals surface area contributed by atoms with Gasteiger partial charge < -0.3 is 15.0 Å². The van der Waals surface area contributed by atoms with Crippen molar-refractivity contribution in [2.45, 2.75) is 19.3 Å². The summed E-state index contributed by atoms with van der Waals surface area (Å²) in [7, 11) is 0. The molecule has 0 radical (unpaired) electrons. The number of unbranched alkanes of at least 4 members (excludes halogenated alkanes) is 1. The van der Waals surface area contributed by atoms with Gasteiger partial charge in [-0.15, -0.1) is 0 Å². The predicted octanol–water partition coefficient (Wildman–Crippen LogP) is 3.89. The summed E-state index contributed by atoms with van der Waals surface area (Å²) in [4.78, 5) is 8.24. The highest BCUT2D eigenvalue weighted by Crippen LogP contribution is 2.22. The van der Waals surface area contributed by atoms with Crippen LogP contribution < -0.4 is 4.90 Å². The van der Waals surface area contributed by atoms with Crippen molar-refractivity contribution >= 4 is 16.6 Å². The number of hydrogen-bond acceptors (Lipinski definition) is 4. The minimum Gasteiger partial charge on any atom is -0.508 e. The Balaban J connectivity index is 1.22. The molecule has 28 heavy (non-hydrogen) atoms. The number of H-pyrrole nitrogens is 1. The Morgan fingerprint density at radius 1 is 1.00 bits per heavy atom. The van der Waals surface area contributed by atoms with E-state index in [0.29, 0.717) is 5.75 Å². The van der Waals surface area contributed by atoms with Crippen LogP contribution in [-0.4, -0.2) is 47.7 Å². The molecular formula is C23H26N4O. The molecule has 0 bridgehead atoms. The number of nitriles is 1.